The van der Waals surface area contributed by atoms with E-state index in [9.17, 15) is 8.94 Å². The van der Waals surface area contributed by atoms with E-state index >= 15 is 0 Å². The molecule has 0 aliphatic rings. The second-order valence-electron chi connectivity index (χ2n) is 4.86. The van der Waals surface area contributed by atoms with Crippen molar-refractivity contribution >= 4 is 11.4 Å². The Morgan fingerprint density at radius 1 is 1.44 bits per heavy atom. The fourth-order valence-electron chi connectivity index (χ4n) is 1.22. The summed E-state index contributed by atoms with van der Waals surface area (Å²) in [5.41, 5.74) is 6.38. The van der Waals surface area contributed by atoms with Gasteiger partial charge < -0.3 is 10.3 Å². The molecule has 1 aromatic carbocycles. The van der Waals surface area contributed by atoms with E-state index in [1.54, 1.807) is 20.8 Å². The van der Waals surface area contributed by atoms with E-state index in [2.05, 4.69) is 4.72 Å². The van der Waals surface area contributed by atoms with Gasteiger partial charge in [0.1, 0.15) is 16.7 Å². The Balaban J connectivity index is 2.88. The number of nitrogens with two attached hydrogens (primary N) is 1. The van der Waals surface area contributed by atoms with Gasteiger partial charge in [0.25, 0.3) is 0 Å². The Kier molecular flexibility index (Phi) is 4.71. The van der Waals surface area contributed by atoms with E-state index in [4.69, 9.17) is 11.0 Å². The smallest absolute Gasteiger partial charge is 0.137 e. The van der Waals surface area contributed by atoms with Crippen molar-refractivity contribution in [1.82, 2.24) is 4.72 Å². The molecule has 1 rings (SSSR count). The summed E-state index contributed by atoms with van der Waals surface area (Å²) in [6.07, 6.45) is -0.784. The molecule has 0 aromatic heterocycles. The van der Waals surface area contributed by atoms with Crippen LogP contribution in [0.5, 0.6) is 0 Å². The topological polar surface area (TPSA) is 84.9 Å². The monoisotopic (exact) mass is 269 g/mol. The summed E-state index contributed by atoms with van der Waals surface area (Å²) in [7, 11) is 0. The summed E-state index contributed by atoms with van der Waals surface area (Å²) < 4.78 is 27.3. The van der Waals surface area contributed by atoms with Gasteiger partial charge in [0.05, 0.1) is 11.6 Å². The van der Waals surface area contributed by atoms with Crippen molar-refractivity contribution in [3.05, 3.63) is 35.1 Å². The van der Waals surface area contributed by atoms with Crippen LogP contribution in [0, 0.1) is 17.1 Å². The van der Waals surface area contributed by atoms with Crippen molar-refractivity contribution in [2.24, 2.45) is 5.73 Å². The van der Waals surface area contributed by atoms with Gasteiger partial charge in [-0.25, -0.2) is 4.39 Å². The van der Waals surface area contributed by atoms with Gasteiger partial charge in [0.15, 0.2) is 0 Å². The molecule has 0 bridgehead atoms. The quantitative estimate of drug-likeness (QED) is 0.646. The molecular formula is C12H16FN3OS. The first-order chi connectivity index (χ1) is 8.24. The fraction of sp³-hybridized carbons (Fsp3) is 0.417. The van der Waals surface area contributed by atoms with E-state index in [-0.39, 0.29) is 5.56 Å². The third kappa shape index (κ3) is 3.96. The van der Waals surface area contributed by atoms with E-state index < -0.39 is 28.1 Å². The number of nitriles is 1. The molecule has 0 aliphatic carbocycles. The number of nitrogens with one attached hydrogen (secondary N) is 1. The average Bonchev–Trinajstić information content (AvgIpc) is 2.26. The highest BCUT2D eigenvalue weighted by Crippen LogP contribution is 2.18. The van der Waals surface area contributed by atoms with Crippen LogP contribution in [0.1, 0.15) is 38.1 Å². The Morgan fingerprint density at radius 3 is 2.56 bits per heavy atom. The van der Waals surface area contributed by atoms with Gasteiger partial charge in [-0.1, -0.05) is 0 Å². The lowest BCUT2D eigenvalue weighted by molar-refractivity contribution is 0.526. The summed E-state index contributed by atoms with van der Waals surface area (Å²) >= 11 is -1.36. The third-order valence-corrected chi connectivity index (χ3v) is 3.78. The second kappa shape index (κ2) is 5.67. The number of halogens is 1. The maximum absolute atomic E-state index is 13.2. The number of hydrogen-bond acceptors (Lipinski definition) is 4. The molecule has 1 unspecified atom stereocenters. The second-order valence-corrected chi connectivity index (χ2v) is 6.86. The molecule has 18 heavy (non-hydrogen) atoms. The lowest BCUT2D eigenvalue weighted by atomic mass is 10.1. The molecule has 0 saturated heterocycles. The lowest BCUT2D eigenvalue weighted by Gasteiger charge is -2.26. The SMILES string of the molecule is CC(C)(C)[S+]([O-])N[C@H](N)c1cc(F)cc(C#N)c1. The minimum Gasteiger partial charge on any atom is -0.598 e. The van der Waals surface area contributed by atoms with Gasteiger partial charge in [0.2, 0.25) is 0 Å². The maximum atomic E-state index is 13.2. The van der Waals surface area contributed by atoms with Gasteiger partial charge >= 0.3 is 0 Å². The van der Waals surface area contributed by atoms with Crippen molar-refractivity contribution in [2.75, 3.05) is 0 Å². The third-order valence-electron chi connectivity index (χ3n) is 2.20. The molecule has 0 spiro atoms. The van der Waals surface area contributed by atoms with Crippen molar-refractivity contribution in [3.63, 3.8) is 0 Å². The zero-order valence-electron chi connectivity index (χ0n) is 10.5. The number of benzene rings is 1. The Labute approximate surface area is 109 Å². The Hall–Kier alpha value is -1.13. The molecule has 0 fully saturated rings. The molecule has 2 atom stereocenters. The number of nitrogens with zero attached hydrogens (tertiary/aromatic N) is 1. The zero-order valence-corrected chi connectivity index (χ0v) is 11.3. The largest absolute Gasteiger partial charge is 0.598 e. The van der Waals surface area contributed by atoms with Crippen LogP contribution in [-0.4, -0.2) is 9.30 Å². The van der Waals surface area contributed by atoms with E-state index in [0.717, 1.165) is 6.07 Å². The van der Waals surface area contributed by atoms with Crippen LogP contribution in [0.4, 0.5) is 4.39 Å². The van der Waals surface area contributed by atoms with E-state index in [1.165, 1.54) is 12.1 Å². The normalized spacial score (nSPS) is 14.9. The van der Waals surface area contributed by atoms with Crippen LogP contribution in [0.25, 0.3) is 0 Å². The average molecular weight is 269 g/mol. The predicted octanol–water partition coefficient (Wildman–Crippen LogP) is 1.71. The molecule has 98 valence electrons. The molecule has 3 N–H and O–H groups in total. The van der Waals surface area contributed by atoms with E-state index in [0.29, 0.717) is 5.56 Å². The van der Waals surface area contributed by atoms with Crippen molar-refractivity contribution in [3.8, 4) is 6.07 Å². The predicted molar refractivity (Wildman–Crippen MR) is 69.1 cm³/mol. The van der Waals surface area contributed by atoms with Crippen molar-refractivity contribution in [1.29, 1.82) is 5.26 Å². The minimum atomic E-state index is -1.36. The molecule has 0 radical (unpaired) electrons. The molecule has 0 saturated carbocycles. The van der Waals surface area contributed by atoms with Crippen LogP contribution >= 0.6 is 0 Å². The fourth-order valence-corrected chi connectivity index (χ4v) is 1.94. The van der Waals surface area contributed by atoms with Crippen molar-refractivity contribution in [2.45, 2.75) is 31.7 Å². The summed E-state index contributed by atoms with van der Waals surface area (Å²) in [5.74, 6) is -0.539. The summed E-state index contributed by atoms with van der Waals surface area (Å²) in [5, 5.41) is 8.74. The summed E-state index contributed by atoms with van der Waals surface area (Å²) in [6, 6.07) is 5.66. The number of hydrogen-bond donors (Lipinski definition) is 2. The standard InChI is InChI=1S/C12H16FN3OS/c1-12(2,3)18(17)16-11(15)9-4-8(7-14)5-10(13)6-9/h4-6,11,16H,15H2,1-3H3/t11-,18?/m0/s1. The highest BCUT2D eigenvalue weighted by molar-refractivity contribution is 7.90. The van der Waals surface area contributed by atoms with Crippen LogP contribution in [0.15, 0.2) is 18.2 Å². The Morgan fingerprint density at radius 2 is 2.06 bits per heavy atom. The van der Waals surface area contributed by atoms with Gasteiger partial charge in [0, 0.05) is 11.4 Å². The molecule has 4 nitrogen and oxygen atoms in total. The van der Waals surface area contributed by atoms with E-state index in [1.807, 2.05) is 6.07 Å². The first-order valence-corrected chi connectivity index (χ1v) is 6.53. The molecular weight excluding hydrogens is 253 g/mol. The Bertz CT molecular complexity index is 467. The molecule has 0 aliphatic heterocycles. The molecule has 0 heterocycles. The minimum absolute atomic E-state index is 0.184. The van der Waals surface area contributed by atoms with Gasteiger partial charge in [-0.15, -0.1) is 4.72 Å². The molecule has 0 amide bonds. The summed E-state index contributed by atoms with van der Waals surface area (Å²) in [6.45, 7) is 5.40. The van der Waals surface area contributed by atoms with Crippen LogP contribution in [0.3, 0.4) is 0 Å². The first kappa shape index (κ1) is 14.9. The van der Waals surface area contributed by atoms with Crippen LogP contribution < -0.4 is 10.5 Å². The van der Waals surface area contributed by atoms with Gasteiger partial charge in [-0.05, 0) is 44.5 Å². The first-order valence-electron chi connectivity index (χ1n) is 5.38. The van der Waals surface area contributed by atoms with Crippen LogP contribution in [0.2, 0.25) is 0 Å². The zero-order chi connectivity index (χ0) is 13.9. The highest BCUT2D eigenvalue weighted by Gasteiger charge is 2.28. The van der Waals surface area contributed by atoms with Gasteiger partial charge in [-0.3, -0.25) is 0 Å². The maximum Gasteiger partial charge on any atom is 0.137 e. The van der Waals surface area contributed by atoms with Crippen LogP contribution in [-0.2, 0) is 11.4 Å². The van der Waals surface area contributed by atoms with Crippen molar-refractivity contribution < 1.29 is 8.94 Å². The summed E-state index contributed by atoms with van der Waals surface area (Å²) in [4.78, 5) is 0. The lowest BCUT2D eigenvalue weighted by Crippen LogP contribution is -2.43. The highest BCUT2D eigenvalue weighted by atomic mass is 32.2. The molecule has 6 heteroatoms. The molecule has 1 aromatic rings. The number of rotatable bonds is 3. The van der Waals surface area contributed by atoms with Gasteiger partial charge in [-0.2, -0.15) is 5.26 Å².